The van der Waals surface area contributed by atoms with Crippen LogP contribution in [0.1, 0.15) is 74.7 Å². The summed E-state index contributed by atoms with van der Waals surface area (Å²) in [6.07, 6.45) is 1.35. The molecule has 3 aliphatic rings. The van der Waals surface area contributed by atoms with Crippen LogP contribution in [0.15, 0.2) is 0 Å². The monoisotopic (exact) mass is 507 g/mol. The number of nitrogens with zero attached hydrogens (tertiary/aromatic N) is 1. The minimum Gasteiger partial charge on any atom is -0.475 e. The van der Waals surface area contributed by atoms with Gasteiger partial charge in [0, 0.05) is 6.54 Å². The first-order valence-corrected chi connectivity index (χ1v) is 12.7. The van der Waals surface area contributed by atoms with Crippen LogP contribution in [0, 0.1) is 28.6 Å². The number of alkyl carbamates (subject to hydrolysis) is 1. The SMILES string of the molecule is CC(C)(C)OC(=O)N[C@H](C(=O)N1CC2[C@@H]([C@H]1C(=O)NC(CC1CC1)C(=O)C(=O)O)C2(C)C)C(C)(C)C. The quantitative estimate of drug-likeness (QED) is 0.428. The van der Waals surface area contributed by atoms with Crippen molar-refractivity contribution in [1.29, 1.82) is 0 Å². The van der Waals surface area contributed by atoms with E-state index >= 15 is 0 Å². The maximum absolute atomic E-state index is 13.8. The fourth-order valence-electron chi connectivity index (χ4n) is 5.38. The van der Waals surface area contributed by atoms with E-state index in [0.29, 0.717) is 6.54 Å². The number of ketones is 1. The Kier molecular flexibility index (Phi) is 7.24. The van der Waals surface area contributed by atoms with E-state index < -0.39 is 58.8 Å². The lowest BCUT2D eigenvalue weighted by molar-refractivity contribution is -0.151. The molecule has 3 rings (SSSR count). The Labute approximate surface area is 212 Å². The van der Waals surface area contributed by atoms with E-state index in [-0.39, 0.29) is 29.6 Å². The number of Topliss-reactive ketones (excluding diaryl/α,β-unsaturated/α-hetero) is 1. The third-order valence-corrected chi connectivity index (χ3v) is 7.64. The summed E-state index contributed by atoms with van der Waals surface area (Å²) in [5.74, 6) is -3.36. The molecule has 202 valence electrons. The van der Waals surface area contributed by atoms with Crippen LogP contribution in [0.5, 0.6) is 0 Å². The number of carbonyl (C=O) groups excluding carboxylic acids is 4. The molecule has 3 amide bonds. The molecule has 1 aliphatic heterocycles. The topological polar surface area (TPSA) is 142 Å². The van der Waals surface area contributed by atoms with Crippen LogP contribution in [-0.4, -0.2) is 69.9 Å². The third kappa shape index (κ3) is 6.00. The molecule has 0 aromatic heterocycles. The molecule has 2 saturated carbocycles. The van der Waals surface area contributed by atoms with E-state index in [1.807, 2.05) is 34.6 Å². The van der Waals surface area contributed by atoms with Crippen LogP contribution in [0.2, 0.25) is 0 Å². The van der Waals surface area contributed by atoms with Crippen molar-refractivity contribution in [3.63, 3.8) is 0 Å². The number of hydrogen-bond acceptors (Lipinski definition) is 6. The van der Waals surface area contributed by atoms with Crippen molar-refractivity contribution < 1.29 is 33.8 Å². The van der Waals surface area contributed by atoms with Crippen molar-refractivity contribution in [2.45, 2.75) is 98.4 Å². The minimum absolute atomic E-state index is 0.0939. The summed E-state index contributed by atoms with van der Waals surface area (Å²) < 4.78 is 5.36. The normalized spacial score (nSPS) is 26.3. The molecule has 1 saturated heterocycles. The molecule has 5 atom stereocenters. The molecule has 0 spiro atoms. The Morgan fingerprint density at radius 1 is 1.03 bits per heavy atom. The zero-order chi connectivity index (χ0) is 27.4. The van der Waals surface area contributed by atoms with E-state index in [4.69, 9.17) is 4.74 Å². The molecule has 0 aromatic carbocycles. The van der Waals surface area contributed by atoms with Crippen LogP contribution >= 0.6 is 0 Å². The smallest absolute Gasteiger partial charge is 0.408 e. The third-order valence-electron chi connectivity index (χ3n) is 7.64. The van der Waals surface area contributed by atoms with Crippen LogP contribution < -0.4 is 10.6 Å². The molecule has 2 unspecified atom stereocenters. The molecule has 0 aromatic rings. The number of likely N-dealkylation sites (tertiary alicyclic amines) is 1. The van der Waals surface area contributed by atoms with Gasteiger partial charge in [-0.15, -0.1) is 0 Å². The lowest BCUT2D eigenvalue weighted by atomic mass is 9.85. The molecular weight excluding hydrogens is 466 g/mol. The van der Waals surface area contributed by atoms with Crippen LogP contribution in [0.3, 0.4) is 0 Å². The molecule has 1 heterocycles. The predicted molar refractivity (Wildman–Crippen MR) is 131 cm³/mol. The van der Waals surface area contributed by atoms with Gasteiger partial charge in [0.1, 0.15) is 17.7 Å². The second-order valence-corrected chi connectivity index (χ2v) is 13.2. The highest BCUT2D eigenvalue weighted by atomic mass is 16.6. The number of carboxylic acid groups (broad SMARTS) is 1. The highest BCUT2D eigenvalue weighted by Crippen LogP contribution is 2.65. The summed E-state index contributed by atoms with van der Waals surface area (Å²) in [6.45, 7) is 15.1. The summed E-state index contributed by atoms with van der Waals surface area (Å²) in [6, 6.07) is -2.93. The van der Waals surface area contributed by atoms with E-state index in [2.05, 4.69) is 10.6 Å². The van der Waals surface area contributed by atoms with Crippen molar-refractivity contribution in [2.24, 2.45) is 28.6 Å². The number of rotatable bonds is 8. The van der Waals surface area contributed by atoms with E-state index in [1.54, 1.807) is 20.8 Å². The number of hydrogen-bond donors (Lipinski definition) is 3. The van der Waals surface area contributed by atoms with Gasteiger partial charge in [0.05, 0.1) is 6.04 Å². The molecule has 36 heavy (non-hydrogen) atoms. The summed E-state index contributed by atoms with van der Waals surface area (Å²) in [7, 11) is 0. The van der Waals surface area contributed by atoms with Gasteiger partial charge in [-0.2, -0.15) is 0 Å². The van der Waals surface area contributed by atoms with Crippen molar-refractivity contribution in [1.82, 2.24) is 15.5 Å². The van der Waals surface area contributed by atoms with Gasteiger partial charge in [-0.05, 0) is 55.8 Å². The van der Waals surface area contributed by atoms with Crippen LogP contribution in [0.25, 0.3) is 0 Å². The first kappa shape index (κ1) is 27.9. The van der Waals surface area contributed by atoms with Crippen molar-refractivity contribution in [2.75, 3.05) is 6.54 Å². The molecule has 2 aliphatic carbocycles. The maximum atomic E-state index is 13.8. The van der Waals surface area contributed by atoms with Gasteiger partial charge in [0.2, 0.25) is 11.8 Å². The number of amides is 3. The number of piperidine rings is 1. The van der Waals surface area contributed by atoms with Gasteiger partial charge >= 0.3 is 12.1 Å². The second kappa shape index (κ2) is 9.34. The largest absolute Gasteiger partial charge is 0.475 e. The summed E-state index contributed by atoms with van der Waals surface area (Å²) >= 11 is 0. The van der Waals surface area contributed by atoms with E-state index in [1.165, 1.54) is 4.90 Å². The van der Waals surface area contributed by atoms with Crippen molar-refractivity contribution in [3.8, 4) is 0 Å². The highest BCUT2D eigenvalue weighted by molar-refractivity contribution is 6.35. The minimum atomic E-state index is -1.58. The van der Waals surface area contributed by atoms with Crippen LogP contribution in [0.4, 0.5) is 4.79 Å². The van der Waals surface area contributed by atoms with Gasteiger partial charge in [-0.3, -0.25) is 14.4 Å². The molecular formula is C26H41N3O7. The molecule has 10 heteroatoms. The Hall–Kier alpha value is -2.65. The molecule has 3 fully saturated rings. The lowest BCUT2D eigenvalue weighted by Crippen LogP contribution is -2.60. The lowest BCUT2D eigenvalue weighted by Gasteiger charge is -2.38. The zero-order valence-corrected chi connectivity index (χ0v) is 22.6. The van der Waals surface area contributed by atoms with Crippen LogP contribution in [-0.2, 0) is 23.9 Å². The number of ether oxygens (including phenoxy) is 1. The Morgan fingerprint density at radius 2 is 1.61 bits per heavy atom. The molecule has 0 radical (unpaired) electrons. The van der Waals surface area contributed by atoms with E-state index in [0.717, 1.165) is 12.8 Å². The second-order valence-electron chi connectivity index (χ2n) is 13.2. The first-order chi connectivity index (χ1) is 16.3. The first-order valence-electron chi connectivity index (χ1n) is 12.7. The maximum Gasteiger partial charge on any atom is 0.408 e. The fourth-order valence-corrected chi connectivity index (χ4v) is 5.38. The molecule has 0 bridgehead atoms. The van der Waals surface area contributed by atoms with E-state index in [9.17, 15) is 29.1 Å². The fraction of sp³-hybridized carbons (Fsp3) is 0.808. The van der Waals surface area contributed by atoms with Gasteiger partial charge in [0.25, 0.3) is 5.78 Å². The average molecular weight is 508 g/mol. The molecule has 10 nitrogen and oxygen atoms in total. The summed E-state index contributed by atoms with van der Waals surface area (Å²) in [5.41, 5.74) is -1.59. The Bertz CT molecular complexity index is 942. The van der Waals surface area contributed by atoms with Gasteiger partial charge < -0.3 is 25.4 Å². The van der Waals surface area contributed by atoms with Gasteiger partial charge in [-0.25, -0.2) is 9.59 Å². The standard InChI is InChI=1S/C26H41N3O7/c1-24(2,3)19(28-23(35)36-25(4,5)6)21(32)29-12-14-16(26(14,7)8)17(29)20(31)27-15(11-13-9-10-13)18(30)22(33)34/h13-17,19H,9-12H2,1-8H3,(H,27,31)(H,28,35)(H,33,34)/t14?,15?,16-,17-,19+/m0/s1. The van der Waals surface area contributed by atoms with Crippen molar-refractivity contribution >= 4 is 29.7 Å². The zero-order valence-electron chi connectivity index (χ0n) is 22.6. The number of nitrogens with one attached hydrogen (secondary N) is 2. The summed E-state index contributed by atoms with van der Waals surface area (Å²) in [4.78, 5) is 65.1. The summed E-state index contributed by atoms with van der Waals surface area (Å²) in [5, 5.41) is 14.6. The molecule has 3 N–H and O–H groups in total. The van der Waals surface area contributed by atoms with Gasteiger partial charge in [0.15, 0.2) is 0 Å². The Balaban J connectivity index is 1.83. The highest BCUT2D eigenvalue weighted by Gasteiger charge is 2.70. The van der Waals surface area contributed by atoms with Gasteiger partial charge in [-0.1, -0.05) is 47.5 Å². The van der Waals surface area contributed by atoms with Crippen molar-refractivity contribution in [3.05, 3.63) is 0 Å². The number of aliphatic carboxylic acids is 1. The predicted octanol–water partition coefficient (Wildman–Crippen LogP) is 2.35. The number of carbonyl (C=O) groups is 5. The number of carboxylic acids is 1. The average Bonchev–Trinajstić information content (AvgIpc) is 3.55. The Morgan fingerprint density at radius 3 is 2.08 bits per heavy atom. The number of fused-ring (bicyclic) bond motifs is 1.